The van der Waals surface area contributed by atoms with Gasteiger partial charge in [-0.3, -0.25) is 4.90 Å². The zero-order chi connectivity index (χ0) is 17.3. The molecule has 0 amide bonds. The number of hydrogen-bond acceptors (Lipinski definition) is 4. The maximum absolute atomic E-state index is 12.8. The molecular weight excluding hydrogens is 338 g/mol. The number of rotatable bonds is 5. The van der Waals surface area contributed by atoms with Gasteiger partial charge in [0, 0.05) is 19.6 Å². The van der Waals surface area contributed by atoms with E-state index in [9.17, 15) is 8.78 Å². The van der Waals surface area contributed by atoms with Gasteiger partial charge in [-0.2, -0.15) is 0 Å². The third-order valence-electron chi connectivity index (χ3n) is 3.82. The molecule has 3 rings (SSSR count). The fourth-order valence-electron chi connectivity index (χ4n) is 2.78. The summed E-state index contributed by atoms with van der Waals surface area (Å²) in [6.45, 7) is 6.17. The number of halogens is 3. The van der Waals surface area contributed by atoms with Crippen molar-refractivity contribution in [2.45, 2.75) is 46.0 Å². The van der Waals surface area contributed by atoms with E-state index in [0.29, 0.717) is 42.8 Å². The average Bonchev–Trinajstić information content (AvgIpc) is 2.93. The Kier molecular flexibility index (Phi) is 5.01. The molecule has 130 valence electrons. The van der Waals surface area contributed by atoms with Crippen LogP contribution in [0.2, 0.25) is 5.02 Å². The third kappa shape index (κ3) is 3.67. The monoisotopic (exact) mass is 356 g/mol. The van der Waals surface area contributed by atoms with Gasteiger partial charge in [0.1, 0.15) is 11.6 Å². The molecule has 0 unspecified atom stereocenters. The van der Waals surface area contributed by atoms with Gasteiger partial charge >= 0.3 is 0 Å². The first-order chi connectivity index (χ1) is 11.4. The molecule has 0 saturated carbocycles. The van der Waals surface area contributed by atoms with E-state index in [4.69, 9.17) is 16.3 Å². The largest absolute Gasteiger partial charge is 0.489 e. The first-order valence-electron chi connectivity index (χ1n) is 7.81. The molecule has 1 aromatic carbocycles. The van der Waals surface area contributed by atoms with Crippen LogP contribution in [-0.4, -0.2) is 32.3 Å². The minimum atomic E-state index is -2.59. The van der Waals surface area contributed by atoms with Crippen LogP contribution in [0.4, 0.5) is 8.78 Å². The molecule has 2 aromatic rings. The number of alkyl halides is 2. The van der Waals surface area contributed by atoms with Crippen molar-refractivity contribution < 1.29 is 13.5 Å². The van der Waals surface area contributed by atoms with E-state index >= 15 is 0 Å². The Bertz CT molecular complexity index is 720. The highest BCUT2D eigenvalue weighted by Crippen LogP contribution is 2.28. The van der Waals surface area contributed by atoms with Crippen molar-refractivity contribution in [2.24, 2.45) is 0 Å². The summed E-state index contributed by atoms with van der Waals surface area (Å²) in [6, 6.07) is 5.70. The van der Waals surface area contributed by atoms with Gasteiger partial charge in [-0.05, 0) is 31.5 Å². The normalized spacial score (nSPS) is 15.1. The minimum absolute atomic E-state index is 0.0610. The Morgan fingerprint density at radius 2 is 2.04 bits per heavy atom. The Balaban J connectivity index is 1.68. The number of hydrogen-bond donors (Lipinski definition) is 0. The van der Waals surface area contributed by atoms with E-state index in [1.807, 2.05) is 32.0 Å². The summed E-state index contributed by atoms with van der Waals surface area (Å²) in [6.07, 6.45) is -2.53. The van der Waals surface area contributed by atoms with Crippen LogP contribution >= 0.6 is 11.6 Å². The summed E-state index contributed by atoms with van der Waals surface area (Å²) in [7, 11) is 0. The molecular formula is C16H19ClF2N4O. The maximum atomic E-state index is 12.8. The molecule has 0 N–H and O–H groups in total. The van der Waals surface area contributed by atoms with Crippen LogP contribution in [-0.2, 0) is 19.6 Å². The first kappa shape index (κ1) is 17.1. The SMILES string of the molecule is CC(C)Oc1ccc(CN2CCn3c(nnc3C(F)F)C2)cc1Cl. The lowest BCUT2D eigenvalue weighted by atomic mass is 10.2. The Morgan fingerprint density at radius 3 is 2.71 bits per heavy atom. The lowest BCUT2D eigenvalue weighted by molar-refractivity contribution is 0.128. The number of fused-ring (bicyclic) bond motifs is 1. The molecule has 1 aromatic heterocycles. The minimum Gasteiger partial charge on any atom is -0.489 e. The Morgan fingerprint density at radius 1 is 1.25 bits per heavy atom. The van der Waals surface area contributed by atoms with Crippen LogP contribution in [0.1, 0.15) is 37.5 Å². The van der Waals surface area contributed by atoms with Crippen LogP contribution < -0.4 is 4.74 Å². The third-order valence-corrected chi connectivity index (χ3v) is 4.12. The molecule has 5 nitrogen and oxygen atoms in total. The zero-order valence-electron chi connectivity index (χ0n) is 13.5. The number of nitrogens with zero attached hydrogens (tertiary/aromatic N) is 4. The molecule has 2 heterocycles. The topological polar surface area (TPSA) is 43.2 Å². The molecule has 8 heteroatoms. The summed E-state index contributed by atoms with van der Waals surface area (Å²) in [4.78, 5) is 2.13. The van der Waals surface area contributed by atoms with Crippen LogP contribution in [0.25, 0.3) is 0 Å². The molecule has 1 aliphatic rings. The molecule has 0 bridgehead atoms. The van der Waals surface area contributed by atoms with Gasteiger partial charge in [-0.15, -0.1) is 10.2 Å². The van der Waals surface area contributed by atoms with Gasteiger partial charge in [0.15, 0.2) is 5.82 Å². The van der Waals surface area contributed by atoms with Gasteiger partial charge in [0.2, 0.25) is 0 Å². The molecule has 0 saturated heterocycles. The summed E-state index contributed by atoms with van der Waals surface area (Å²) >= 11 is 6.26. The fourth-order valence-corrected chi connectivity index (χ4v) is 3.02. The molecule has 0 spiro atoms. The molecule has 0 aliphatic carbocycles. The second-order valence-electron chi connectivity index (χ2n) is 6.07. The summed E-state index contributed by atoms with van der Waals surface area (Å²) in [5.41, 5.74) is 1.04. The van der Waals surface area contributed by atoms with Gasteiger partial charge < -0.3 is 9.30 Å². The number of ether oxygens (including phenoxy) is 1. The second kappa shape index (κ2) is 7.03. The predicted octanol–water partition coefficient (Wildman–Crippen LogP) is 3.67. The maximum Gasteiger partial charge on any atom is 0.297 e. The van der Waals surface area contributed by atoms with Gasteiger partial charge in [0.05, 0.1) is 17.7 Å². The molecule has 0 atom stereocenters. The zero-order valence-corrected chi connectivity index (χ0v) is 14.3. The molecule has 1 aliphatic heterocycles. The Hall–Kier alpha value is -1.73. The summed E-state index contributed by atoms with van der Waals surface area (Å²) < 4.78 is 32.8. The van der Waals surface area contributed by atoms with Crippen LogP contribution in [0.5, 0.6) is 5.75 Å². The summed E-state index contributed by atoms with van der Waals surface area (Å²) in [5, 5.41) is 8.04. The van der Waals surface area contributed by atoms with E-state index in [1.54, 1.807) is 0 Å². The quantitative estimate of drug-likeness (QED) is 0.819. The number of aromatic nitrogens is 3. The van der Waals surface area contributed by atoms with Crippen molar-refractivity contribution >= 4 is 11.6 Å². The first-order valence-corrected chi connectivity index (χ1v) is 8.19. The lowest BCUT2D eigenvalue weighted by Gasteiger charge is -2.27. The predicted molar refractivity (Wildman–Crippen MR) is 86.3 cm³/mol. The lowest BCUT2D eigenvalue weighted by Crippen LogP contribution is -2.34. The van der Waals surface area contributed by atoms with Gasteiger partial charge in [-0.25, -0.2) is 8.78 Å². The van der Waals surface area contributed by atoms with E-state index in [-0.39, 0.29) is 11.9 Å². The standard InChI is InChI=1S/C16H19ClF2N4O/c1-10(2)24-13-4-3-11(7-12(13)17)8-22-5-6-23-14(9-22)20-21-16(23)15(18)19/h3-4,7,10,15H,5-6,8-9H2,1-2H3. The molecule has 0 radical (unpaired) electrons. The van der Waals surface area contributed by atoms with E-state index in [2.05, 4.69) is 15.1 Å². The van der Waals surface area contributed by atoms with Crippen LogP contribution in [0.3, 0.4) is 0 Å². The van der Waals surface area contributed by atoms with Crippen molar-refractivity contribution in [1.29, 1.82) is 0 Å². The smallest absolute Gasteiger partial charge is 0.297 e. The summed E-state index contributed by atoms with van der Waals surface area (Å²) in [5.74, 6) is 0.987. The average molecular weight is 357 g/mol. The van der Waals surface area contributed by atoms with Crippen molar-refractivity contribution in [2.75, 3.05) is 6.54 Å². The second-order valence-corrected chi connectivity index (χ2v) is 6.48. The highest BCUT2D eigenvalue weighted by molar-refractivity contribution is 6.32. The molecule has 0 fully saturated rings. The highest BCUT2D eigenvalue weighted by Gasteiger charge is 2.25. The Labute approximate surface area is 144 Å². The fraction of sp³-hybridized carbons (Fsp3) is 0.500. The van der Waals surface area contributed by atoms with Crippen molar-refractivity contribution in [3.63, 3.8) is 0 Å². The van der Waals surface area contributed by atoms with Crippen LogP contribution in [0.15, 0.2) is 18.2 Å². The van der Waals surface area contributed by atoms with E-state index in [0.717, 1.165) is 5.56 Å². The van der Waals surface area contributed by atoms with E-state index < -0.39 is 6.43 Å². The van der Waals surface area contributed by atoms with Gasteiger partial charge in [-0.1, -0.05) is 17.7 Å². The highest BCUT2D eigenvalue weighted by atomic mass is 35.5. The van der Waals surface area contributed by atoms with Crippen LogP contribution in [0, 0.1) is 0 Å². The molecule has 24 heavy (non-hydrogen) atoms. The number of benzene rings is 1. The van der Waals surface area contributed by atoms with Crippen molar-refractivity contribution in [3.8, 4) is 5.75 Å². The van der Waals surface area contributed by atoms with Gasteiger partial charge in [0.25, 0.3) is 6.43 Å². The van der Waals surface area contributed by atoms with Crippen molar-refractivity contribution in [3.05, 3.63) is 40.4 Å². The van der Waals surface area contributed by atoms with Crippen molar-refractivity contribution in [1.82, 2.24) is 19.7 Å². The van der Waals surface area contributed by atoms with E-state index in [1.165, 1.54) is 4.57 Å².